The summed E-state index contributed by atoms with van der Waals surface area (Å²) in [5, 5.41) is 1.92. The van der Waals surface area contributed by atoms with E-state index in [0.717, 1.165) is 4.88 Å². The summed E-state index contributed by atoms with van der Waals surface area (Å²) in [4.78, 5) is 24.2. The summed E-state index contributed by atoms with van der Waals surface area (Å²) in [7, 11) is 0. The molecule has 1 heterocycles. The third-order valence-corrected chi connectivity index (χ3v) is 4.02. The molecule has 2 rings (SSSR count). The molecule has 0 saturated heterocycles. The second-order valence-electron chi connectivity index (χ2n) is 5.40. The first-order valence-electron chi connectivity index (χ1n) is 7.58. The van der Waals surface area contributed by atoms with Gasteiger partial charge in [0.05, 0.1) is 0 Å². The number of nitrogens with one attached hydrogen (secondary N) is 2. The average molecular weight is 344 g/mol. The number of thiophene rings is 1. The molecule has 6 heteroatoms. The van der Waals surface area contributed by atoms with E-state index in [9.17, 15) is 9.59 Å². The fourth-order valence-corrected chi connectivity index (χ4v) is 2.47. The Bertz CT molecular complexity index is 692. The number of rotatable bonds is 6. The van der Waals surface area contributed by atoms with Crippen LogP contribution in [-0.2, 0) is 9.59 Å². The molecular weight excluding hydrogens is 324 g/mol. The van der Waals surface area contributed by atoms with Crippen LogP contribution in [0, 0.1) is 0 Å². The Hall–Kier alpha value is -2.60. The average Bonchev–Trinajstić information content (AvgIpc) is 3.10. The van der Waals surface area contributed by atoms with Crippen molar-refractivity contribution in [1.82, 2.24) is 10.9 Å². The minimum absolute atomic E-state index is 0.171. The quantitative estimate of drug-likeness (QED) is 0.625. The van der Waals surface area contributed by atoms with Crippen molar-refractivity contribution in [3.8, 4) is 5.75 Å². The molecule has 1 aromatic carbocycles. The van der Waals surface area contributed by atoms with Gasteiger partial charge >= 0.3 is 0 Å². The lowest BCUT2D eigenvalue weighted by Gasteiger charge is -2.09. The van der Waals surface area contributed by atoms with E-state index in [4.69, 9.17) is 4.74 Å². The van der Waals surface area contributed by atoms with Gasteiger partial charge in [-0.2, -0.15) is 0 Å². The number of benzene rings is 1. The van der Waals surface area contributed by atoms with E-state index in [0.29, 0.717) is 11.7 Å². The Balaban J connectivity index is 1.70. The minimum Gasteiger partial charge on any atom is -0.484 e. The Morgan fingerprint density at radius 1 is 1.17 bits per heavy atom. The van der Waals surface area contributed by atoms with Crippen molar-refractivity contribution in [2.75, 3.05) is 6.61 Å². The van der Waals surface area contributed by atoms with Gasteiger partial charge in [0, 0.05) is 11.0 Å². The van der Waals surface area contributed by atoms with Crippen LogP contribution in [0.2, 0.25) is 0 Å². The molecule has 2 aromatic rings. The zero-order valence-corrected chi connectivity index (χ0v) is 14.4. The highest BCUT2D eigenvalue weighted by atomic mass is 32.1. The van der Waals surface area contributed by atoms with E-state index in [1.807, 2.05) is 41.8 Å². The summed E-state index contributed by atoms with van der Waals surface area (Å²) in [5.74, 6) is 0.220. The normalized spacial score (nSPS) is 10.8. The van der Waals surface area contributed by atoms with Crippen molar-refractivity contribution in [3.05, 3.63) is 58.3 Å². The first-order chi connectivity index (χ1) is 11.5. The first kappa shape index (κ1) is 17.7. The number of carbonyl (C=O) groups is 2. The largest absolute Gasteiger partial charge is 0.484 e. The van der Waals surface area contributed by atoms with Gasteiger partial charge in [0.15, 0.2) is 6.61 Å². The number of amides is 2. The van der Waals surface area contributed by atoms with Crippen LogP contribution in [0.1, 0.15) is 30.2 Å². The molecule has 0 aliphatic carbocycles. The lowest BCUT2D eigenvalue weighted by molar-refractivity contribution is -0.128. The molecule has 0 saturated carbocycles. The standard InChI is InChI=1S/C18H20N2O3S/c1-13(2)14-5-7-15(8-6-14)23-12-18(22)20-19-17(21)10-9-16-4-3-11-24-16/h3-11,13H,12H2,1-2H3,(H,19,21)(H,20,22)/b10-9+. The van der Waals surface area contributed by atoms with Crippen LogP contribution in [0.25, 0.3) is 6.08 Å². The predicted molar refractivity (Wildman–Crippen MR) is 95.7 cm³/mol. The summed E-state index contributed by atoms with van der Waals surface area (Å²) < 4.78 is 5.37. The Morgan fingerprint density at radius 3 is 2.54 bits per heavy atom. The van der Waals surface area contributed by atoms with Crippen LogP contribution < -0.4 is 15.6 Å². The smallest absolute Gasteiger partial charge is 0.276 e. The monoisotopic (exact) mass is 344 g/mol. The number of hydrazine groups is 1. The maximum atomic E-state index is 11.7. The highest BCUT2D eigenvalue weighted by molar-refractivity contribution is 7.10. The van der Waals surface area contributed by atoms with Gasteiger partial charge in [0.1, 0.15) is 5.75 Å². The van der Waals surface area contributed by atoms with E-state index < -0.39 is 11.8 Å². The van der Waals surface area contributed by atoms with Gasteiger partial charge < -0.3 is 4.74 Å². The SMILES string of the molecule is CC(C)c1ccc(OCC(=O)NNC(=O)/C=C/c2cccs2)cc1. The van der Waals surface area contributed by atoms with Crippen LogP contribution >= 0.6 is 11.3 Å². The van der Waals surface area contributed by atoms with Gasteiger partial charge in [-0.3, -0.25) is 20.4 Å². The van der Waals surface area contributed by atoms with Gasteiger partial charge in [-0.25, -0.2) is 0 Å². The highest BCUT2D eigenvalue weighted by Gasteiger charge is 2.05. The molecule has 2 N–H and O–H groups in total. The number of carbonyl (C=O) groups excluding carboxylic acids is 2. The fourth-order valence-electron chi connectivity index (χ4n) is 1.85. The fraction of sp³-hybridized carbons (Fsp3) is 0.222. The molecule has 2 amide bonds. The summed E-state index contributed by atoms with van der Waals surface area (Å²) >= 11 is 1.52. The van der Waals surface area contributed by atoms with Crippen molar-refractivity contribution in [3.63, 3.8) is 0 Å². The molecular formula is C18H20N2O3S. The maximum absolute atomic E-state index is 11.7. The molecule has 0 spiro atoms. The van der Waals surface area contributed by atoms with E-state index >= 15 is 0 Å². The molecule has 0 radical (unpaired) electrons. The Kier molecular flexibility index (Phi) is 6.57. The van der Waals surface area contributed by atoms with Crippen LogP contribution in [0.4, 0.5) is 0 Å². The van der Waals surface area contributed by atoms with Gasteiger partial charge in [0.2, 0.25) is 0 Å². The number of ether oxygens (including phenoxy) is 1. The van der Waals surface area contributed by atoms with E-state index in [-0.39, 0.29) is 6.61 Å². The van der Waals surface area contributed by atoms with Crippen LogP contribution in [0.15, 0.2) is 47.9 Å². The maximum Gasteiger partial charge on any atom is 0.276 e. The molecule has 24 heavy (non-hydrogen) atoms. The van der Waals surface area contributed by atoms with Crippen molar-refractivity contribution in [1.29, 1.82) is 0 Å². The highest BCUT2D eigenvalue weighted by Crippen LogP contribution is 2.18. The topological polar surface area (TPSA) is 67.4 Å². The van der Waals surface area contributed by atoms with Crippen molar-refractivity contribution < 1.29 is 14.3 Å². The molecule has 126 valence electrons. The molecule has 0 aliphatic rings. The Morgan fingerprint density at radius 2 is 1.92 bits per heavy atom. The zero-order valence-electron chi connectivity index (χ0n) is 13.6. The molecule has 0 bridgehead atoms. The second-order valence-corrected chi connectivity index (χ2v) is 6.38. The van der Waals surface area contributed by atoms with Crippen molar-refractivity contribution >= 4 is 29.2 Å². The van der Waals surface area contributed by atoms with Gasteiger partial charge in [-0.15, -0.1) is 11.3 Å². The zero-order chi connectivity index (χ0) is 17.4. The van der Waals surface area contributed by atoms with Gasteiger partial charge in [-0.05, 0) is 41.1 Å². The third kappa shape index (κ3) is 5.89. The van der Waals surface area contributed by atoms with Crippen LogP contribution in [0.5, 0.6) is 5.75 Å². The number of hydrogen-bond acceptors (Lipinski definition) is 4. The minimum atomic E-state index is -0.430. The van der Waals surface area contributed by atoms with Gasteiger partial charge in [0.25, 0.3) is 11.8 Å². The summed E-state index contributed by atoms with van der Waals surface area (Å²) in [6.07, 6.45) is 3.04. The lowest BCUT2D eigenvalue weighted by atomic mass is 10.0. The van der Waals surface area contributed by atoms with E-state index in [1.54, 1.807) is 6.08 Å². The van der Waals surface area contributed by atoms with E-state index in [1.165, 1.54) is 23.0 Å². The van der Waals surface area contributed by atoms with Gasteiger partial charge in [-0.1, -0.05) is 32.0 Å². The van der Waals surface area contributed by atoms with Crippen molar-refractivity contribution in [2.45, 2.75) is 19.8 Å². The lowest BCUT2D eigenvalue weighted by Crippen LogP contribution is -2.43. The van der Waals surface area contributed by atoms with Crippen molar-refractivity contribution in [2.24, 2.45) is 0 Å². The van der Waals surface area contributed by atoms with Crippen LogP contribution in [-0.4, -0.2) is 18.4 Å². The Labute approximate surface area is 145 Å². The first-order valence-corrected chi connectivity index (χ1v) is 8.45. The number of hydrogen-bond donors (Lipinski definition) is 2. The second kappa shape index (κ2) is 8.88. The summed E-state index contributed by atoms with van der Waals surface area (Å²) in [6, 6.07) is 11.4. The molecule has 0 fully saturated rings. The predicted octanol–water partition coefficient (Wildman–Crippen LogP) is 3.11. The van der Waals surface area contributed by atoms with Crippen LogP contribution in [0.3, 0.4) is 0 Å². The third-order valence-electron chi connectivity index (χ3n) is 3.18. The van der Waals surface area contributed by atoms with E-state index in [2.05, 4.69) is 24.7 Å². The molecule has 0 unspecified atom stereocenters. The molecule has 0 atom stereocenters. The summed E-state index contributed by atoms with van der Waals surface area (Å²) in [6.45, 7) is 4.05. The molecule has 1 aromatic heterocycles. The molecule has 0 aliphatic heterocycles. The molecule has 5 nitrogen and oxygen atoms in total. The summed E-state index contributed by atoms with van der Waals surface area (Å²) in [5.41, 5.74) is 5.81.